The Morgan fingerprint density at radius 1 is 1.62 bits per heavy atom. The molecule has 1 aromatic rings. The van der Waals surface area contributed by atoms with Gasteiger partial charge in [0, 0.05) is 13.2 Å². The Bertz CT molecular complexity index is 409. The van der Waals surface area contributed by atoms with Crippen LogP contribution in [0.4, 0.5) is 0 Å². The van der Waals surface area contributed by atoms with Gasteiger partial charge in [-0.1, -0.05) is 11.6 Å². The van der Waals surface area contributed by atoms with Gasteiger partial charge in [-0.25, -0.2) is 4.98 Å². The quantitative estimate of drug-likeness (QED) is 0.883. The predicted molar refractivity (Wildman–Crippen MR) is 60.2 cm³/mol. The molecular formula is C10H11ClN2O2S. The van der Waals surface area contributed by atoms with Gasteiger partial charge in [0.1, 0.15) is 15.4 Å². The van der Waals surface area contributed by atoms with Gasteiger partial charge in [-0.05, 0) is 12.8 Å². The molecule has 4 nitrogen and oxygen atoms in total. The molecule has 1 saturated heterocycles. The molecule has 86 valence electrons. The first-order chi connectivity index (χ1) is 7.68. The van der Waals surface area contributed by atoms with Gasteiger partial charge in [0.05, 0.1) is 17.7 Å². The Hall–Kier alpha value is -0.670. The van der Waals surface area contributed by atoms with E-state index in [0.717, 1.165) is 0 Å². The molecule has 0 saturated carbocycles. The minimum atomic E-state index is -0.876. The second kappa shape index (κ2) is 4.68. The van der Waals surface area contributed by atoms with Gasteiger partial charge in [0.25, 0.3) is 0 Å². The Balaban J connectivity index is 2.24. The average molecular weight is 259 g/mol. The van der Waals surface area contributed by atoms with Crippen molar-refractivity contribution in [3.05, 3.63) is 15.5 Å². The zero-order valence-electron chi connectivity index (χ0n) is 8.52. The number of hydrogen-bond acceptors (Lipinski definition) is 5. The van der Waals surface area contributed by atoms with Crippen LogP contribution in [0.2, 0.25) is 4.34 Å². The summed E-state index contributed by atoms with van der Waals surface area (Å²) >= 11 is 6.99. The summed E-state index contributed by atoms with van der Waals surface area (Å²) in [6.07, 6.45) is 1.68. The molecule has 1 atom stereocenters. The number of nitrogens with zero attached hydrogens (tertiary/aromatic N) is 2. The maximum atomic E-state index is 10.2. The minimum Gasteiger partial charge on any atom is -0.384 e. The fraction of sp³-hybridized carbons (Fsp3) is 0.600. The van der Waals surface area contributed by atoms with Crippen molar-refractivity contribution in [1.29, 1.82) is 5.26 Å². The van der Waals surface area contributed by atoms with E-state index in [9.17, 15) is 10.4 Å². The maximum Gasteiger partial charge on any atom is 0.124 e. The van der Waals surface area contributed by atoms with Gasteiger partial charge >= 0.3 is 0 Å². The summed E-state index contributed by atoms with van der Waals surface area (Å²) < 4.78 is 5.73. The molecule has 1 unspecified atom stereocenters. The van der Waals surface area contributed by atoms with Crippen LogP contribution in [0.3, 0.4) is 0 Å². The summed E-state index contributed by atoms with van der Waals surface area (Å²) in [6.45, 7) is 1.01. The SMILES string of the molecule is N#CC1(C(O)c2ncc(Cl)s2)CCOCC1. The van der Waals surface area contributed by atoms with Crippen LogP contribution in [-0.4, -0.2) is 23.3 Å². The molecule has 1 aliphatic heterocycles. The van der Waals surface area contributed by atoms with Crippen molar-refractivity contribution >= 4 is 22.9 Å². The maximum absolute atomic E-state index is 10.2. The van der Waals surface area contributed by atoms with Crippen molar-refractivity contribution in [3.63, 3.8) is 0 Å². The lowest BCUT2D eigenvalue weighted by atomic mass is 9.77. The first-order valence-corrected chi connectivity index (χ1v) is 6.16. The van der Waals surface area contributed by atoms with Crippen molar-refractivity contribution in [2.24, 2.45) is 5.41 Å². The van der Waals surface area contributed by atoms with Gasteiger partial charge in [0.2, 0.25) is 0 Å². The van der Waals surface area contributed by atoms with Crippen LogP contribution >= 0.6 is 22.9 Å². The highest BCUT2D eigenvalue weighted by Crippen LogP contribution is 2.43. The number of ether oxygens (including phenoxy) is 1. The highest BCUT2D eigenvalue weighted by molar-refractivity contribution is 7.15. The summed E-state index contributed by atoms with van der Waals surface area (Å²) in [5, 5.41) is 20.0. The van der Waals surface area contributed by atoms with Gasteiger partial charge in [-0.15, -0.1) is 11.3 Å². The fourth-order valence-electron chi connectivity index (χ4n) is 1.81. The standard InChI is InChI=1S/C10H11ClN2O2S/c11-7-5-13-9(16-7)8(14)10(6-12)1-3-15-4-2-10/h5,8,14H,1-4H2. The van der Waals surface area contributed by atoms with Crippen LogP contribution in [0, 0.1) is 16.7 Å². The van der Waals surface area contributed by atoms with Crippen LogP contribution in [0.25, 0.3) is 0 Å². The smallest absolute Gasteiger partial charge is 0.124 e. The molecule has 0 aromatic carbocycles. The summed E-state index contributed by atoms with van der Waals surface area (Å²) in [5.41, 5.74) is -0.778. The van der Waals surface area contributed by atoms with Crippen molar-refractivity contribution in [2.75, 3.05) is 13.2 Å². The monoisotopic (exact) mass is 258 g/mol. The minimum absolute atomic E-state index is 0.504. The Morgan fingerprint density at radius 2 is 2.31 bits per heavy atom. The number of rotatable bonds is 2. The molecule has 1 aromatic heterocycles. The molecule has 1 fully saturated rings. The molecule has 0 bridgehead atoms. The molecule has 1 aliphatic rings. The van der Waals surface area contributed by atoms with Crippen molar-refractivity contribution < 1.29 is 9.84 Å². The summed E-state index contributed by atoms with van der Waals surface area (Å²) in [5.74, 6) is 0. The largest absolute Gasteiger partial charge is 0.384 e. The van der Waals surface area contributed by atoms with Crippen LogP contribution in [0.15, 0.2) is 6.20 Å². The Kier molecular flexibility index (Phi) is 3.45. The molecule has 0 aliphatic carbocycles. The summed E-state index contributed by atoms with van der Waals surface area (Å²) in [6, 6.07) is 2.22. The summed E-state index contributed by atoms with van der Waals surface area (Å²) in [4.78, 5) is 4.03. The third-order valence-corrected chi connectivity index (χ3v) is 4.03. The predicted octanol–water partition coefficient (Wildman–Crippen LogP) is 2.15. The van der Waals surface area contributed by atoms with E-state index >= 15 is 0 Å². The van der Waals surface area contributed by atoms with Crippen molar-refractivity contribution in [2.45, 2.75) is 18.9 Å². The van der Waals surface area contributed by atoms with E-state index < -0.39 is 11.5 Å². The third-order valence-electron chi connectivity index (χ3n) is 2.86. The molecule has 0 amide bonds. The van der Waals surface area contributed by atoms with Crippen LogP contribution < -0.4 is 0 Å². The molecule has 6 heteroatoms. The lowest BCUT2D eigenvalue weighted by Gasteiger charge is -2.33. The van der Waals surface area contributed by atoms with E-state index in [1.807, 2.05) is 0 Å². The third kappa shape index (κ3) is 2.06. The fourth-order valence-corrected chi connectivity index (χ4v) is 2.85. The van der Waals surface area contributed by atoms with Crippen LogP contribution in [-0.2, 0) is 4.74 Å². The highest BCUT2D eigenvalue weighted by atomic mass is 35.5. The van der Waals surface area contributed by atoms with E-state index in [0.29, 0.717) is 35.4 Å². The zero-order chi connectivity index (χ0) is 11.6. The number of halogens is 1. The molecule has 1 N–H and O–H groups in total. The average Bonchev–Trinajstić information content (AvgIpc) is 2.76. The number of aromatic nitrogens is 1. The van der Waals surface area contributed by atoms with Crippen LogP contribution in [0.1, 0.15) is 24.0 Å². The first-order valence-electron chi connectivity index (χ1n) is 4.96. The second-order valence-corrected chi connectivity index (χ2v) is 5.48. The Labute approximate surface area is 102 Å². The lowest BCUT2D eigenvalue weighted by molar-refractivity contribution is -0.0310. The van der Waals surface area contributed by atoms with Gasteiger partial charge < -0.3 is 9.84 Å². The van der Waals surface area contributed by atoms with E-state index in [1.54, 1.807) is 0 Å². The summed E-state index contributed by atoms with van der Waals surface area (Å²) in [7, 11) is 0. The normalized spacial score (nSPS) is 21.3. The topological polar surface area (TPSA) is 66.1 Å². The first kappa shape index (κ1) is 11.8. The second-order valence-electron chi connectivity index (χ2n) is 3.79. The van der Waals surface area contributed by atoms with Crippen LogP contribution in [0.5, 0.6) is 0 Å². The molecular weight excluding hydrogens is 248 g/mol. The molecule has 0 spiro atoms. The van der Waals surface area contributed by atoms with E-state index in [1.165, 1.54) is 17.5 Å². The number of aliphatic hydroxyl groups excluding tert-OH is 1. The zero-order valence-corrected chi connectivity index (χ0v) is 10.1. The molecule has 16 heavy (non-hydrogen) atoms. The molecule has 0 radical (unpaired) electrons. The van der Waals surface area contributed by atoms with E-state index in [4.69, 9.17) is 16.3 Å². The van der Waals surface area contributed by atoms with Gasteiger partial charge in [-0.3, -0.25) is 0 Å². The van der Waals surface area contributed by atoms with E-state index in [-0.39, 0.29) is 0 Å². The number of thiazole rings is 1. The Morgan fingerprint density at radius 3 is 2.81 bits per heavy atom. The van der Waals surface area contributed by atoms with E-state index in [2.05, 4.69) is 11.1 Å². The van der Waals surface area contributed by atoms with Crippen molar-refractivity contribution in [3.8, 4) is 6.07 Å². The van der Waals surface area contributed by atoms with Gasteiger partial charge in [-0.2, -0.15) is 5.26 Å². The van der Waals surface area contributed by atoms with Crippen molar-refractivity contribution in [1.82, 2.24) is 4.98 Å². The lowest BCUT2D eigenvalue weighted by Crippen LogP contribution is -2.34. The number of aliphatic hydroxyl groups is 1. The molecule has 2 rings (SSSR count). The number of hydrogen-bond donors (Lipinski definition) is 1. The molecule has 2 heterocycles. The van der Waals surface area contributed by atoms with Gasteiger partial charge in [0.15, 0.2) is 0 Å². The highest BCUT2D eigenvalue weighted by Gasteiger charge is 2.42. The number of nitriles is 1.